The van der Waals surface area contributed by atoms with E-state index >= 15 is 0 Å². The van der Waals surface area contributed by atoms with Crippen molar-refractivity contribution in [2.45, 2.75) is 44.8 Å². The highest BCUT2D eigenvalue weighted by molar-refractivity contribution is 6.30. The number of ether oxygens (including phenoxy) is 1. The van der Waals surface area contributed by atoms with Crippen molar-refractivity contribution in [1.82, 2.24) is 5.32 Å². The fraction of sp³-hybridized carbons (Fsp3) is 0.600. The lowest BCUT2D eigenvalue weighted by Gasteiger charge is -2.31. The molecule has 19 heavy (non-hydrogen) atoms. The van der Waals surface area contributed by atoms with Gasteiger partial charge in [0, 0.05) is 17.2 Å². The predicted molar refractivity (Wildman–Crippen MR) is 76.0 cm³/mol. The van der Waals surface area contributed by atoms with Crippen LogP contribution in [0.3, 0.4) is 0 Å². The van der Waals surface area contributed by atoms with Crippen LogP contribution in [0.1, 0.15) is 44.2 Å². The molecule has 1 aromatic rings. The summed E-state index contributed by atoms with van der Waals surface area (Å²) in [4.78, 5) is 0. The van der Waals surface area contributed by atoms with Gasteiger partial charge in [0.2, 0.25) is 0 Å². The predicted octanol–water partition coefficient (Wildman–Crippen LogP) is 4.09. The molecule has 106 valence electrons. The number of rotatable bonds is 5. The average Bonchev–Trinajstić information content (AvgIpc) is 2.42. The van der Waals surface area contributed by atoms with Crippen molar-refractivity contribution in [1.29, 1.82) is 0 Å². The third-order valence-electron chi connectivity index (χ3n) is 3.50. The number of benzene rings is 1. The molecule has 0 aromatic heterocycles. The van der Waals surface area contributed by atoms with Crippen molar-refractivity contribution < 1.29 is 9.13 Å². The van der Waals surface area contributed by atoms with Crippen LogP contribution < -0.4 is 5.32 Å². The normalized spacial score (nSPS) is 21.3. The van der Waals surface area contributed by atoms with Crippen LogP contribution in [0.25, 0.3) is 0 Å². The summed E-state index contributed by atoms with van der Waals surface area (Å²) in [6, 6.07) is 4.80. The van der Waals surface area contributed by atoms with Gasteiger partial charge in [0.1, 0.15) is 5.82 Å². The highest BCUT2D eigenvalue weighted by Crippen LogP contribution is 2.29. The smallest absolute Gasteiger partial charge is 0.129 e. The van der Waals surface area contributed by atoms with Gasteiger partial charge < -0.3 is 10.1 Å². The molecule has 1 fully saturated rings. The molecule has 4 heteroatoms. The van der Waals surface area contributed by atoms with Crippen molar-refractivity contribution in [2.24, 2.45) is 0 Å². The second-order valence-corrected chi connectivity index (χ2v) is 5.44. The lowest BCUT2D eigenvalue weighted by molar-refractivity contribution is -0.00885. The molecule has 0 spiro atoms. The molecule has 0 bridgehead atoms. The van der Waals surface area contributed by atoms with Gasteiger partial charge in [0.05, 0.1) is 12.1 Å². The Kier molecular flexibility index (Phi) is 5.61. The Morgan fingerprint density at radius 2 is 2.32 bits per heavy atom. The minimum absolute atomic E-state index is 0.0518. The second-order valence-electron chi connectivity index (χ2n) is 5.00. The van der Waals surface area contributed by atoms with Crippen LogP contribution in [-0.4, -0.2) is 19.3 Å². The molecule has 0 radical (unpaired) electrons. The Bertz CT molecular complexity index is 407. The highest BCUT2D eigenvalue weighted by Gasteiger charge is 2.27. The molecule has 1 saturated heterocycles. The SMILES string of the molecule is CCCNC(c1ccc(Cl)cc1F)C1CCCCO1. The summed E-state index contributed by atoms with van der Waals surface area (Å²) in [6.07, 6.45) is 4.28. The van der Waals surface area contributed by atoms with E-state index in [0.29, 0.717) is 10.6 Å². The van der Waals surface area contributed by atoms with Gasteiger partial charge in [-0.05, 0) is 44.4 Å². The lowest BCUT2D eigenvalue weighted by atomic mass is 9.95. The van der Waals surface area contributed by atoms with Gasteiger partial charge in [-0.3, -0.25) is 0 Å². The fourth-order valence-corrected chi connectivity index (χ4v) is 2.68. The second kappa shape index (κ2) is 7.22. The van der Waals surface area contributed by atoms with E-state index in [4.69, 9.17) is 16.3 Å². The summed E-state index contributed by atoms with van der Waals surface area (Å²) in [5.74, 6) is -0.254. The van der Waals surface area contributed by atoms with E-state index < -0.39 is 0 Å². The maximum atomic E-state index is 14.1. The molecule has 1 heterocycles. The van der Waals surface area contributed by atoms with Crippen LogP contribution in [0.2, 0.25) is 5.02 Å². The van der Waals surface area contributed by atoms with Gasteiger partial charge in [0.15, 0.2) is 0 Å². The van der Waals surface area contributed by atoms with Crippen molar-refractivity contribution in [3.63, 3.8) is 0 Å². The quantitative estimate of drug-likeness (QED) is 0.880. The zero-order valence-electron chi connectivity index (χ0n) is 11.3. The summed E-state index contributed by atoms with van der Waals surface area (Å²) in [6.45, 7) is 3.72. The van der Waals surface area contributed by atoms with Gasteiger partial charge >= 0.3 is 0 Å². The topological polar surface area (TPSA) is 21.3 Å². The maximum absolute atomic E-state index is 14.1. The molecule has 1 aliphatic rings. The van der Waals surface area contributed by atoms with Crippen molar-refractivity contribution in [3.8, 4) is 0 Å². The van der Waals surface area contributed by atoms with Crippen LogP contribution in [0.4, 0.5) is 4.39 Å². The van der Waals surface area contributed by atoms with Crippen LogP contribution >= 0.6 is 11.6 Å². The first-order valence-electron chi connectivity index (χ1n) is 7.02. The van der Waals surface area contributed by atoms with Gasteiger partial charge in [0.25, 0.3) is 0 Å². The first-order chi connectivity index (χ1) is 9.22. The molecule has 0 aliphatic carbocycles. The molecule has 2 rings (SSSR count). The van der Waals surface area contributed by atoms with Crippen LogP contribution in [0, 0.1) is 5.82 Å². The molecule has 1 N–H and O–H groups in total. The summed E-state index contributed by atoms with van der Waals surface area (Å²) in [5, 5.41) is 3.84. The Hall–Kier alpha value is -0.640. The molecular weight excluding hydrogens is 265 g/mol. The van der Waals surface area contributed by atoms with E-state index in [1.54, 1.807) is 12.1 Å². The van der Waals surface area contributed by atoms with Crippen LogP contribution in [-0.2, 0) is 4.74 Å². The number of hydrogen-bond donors (Lipinski definition) is 1. The number of hydrogen-bond acceptors (Lipinski definition) is 2. The Balaban J connectivity index is 2.19. The fourth-order valence-electron chi connectivity index (χ4n) is 2.52. The monoisotopic (exact) mass is 285 g/mol. The zero-order valence-corrected chi connectivity index (χ0v) is 12.0. The third kappa shape index (κ3) is 3.91. The summed E-state index contributed by atoms with van der Waals surface area (Å²) < 4.78 is 19.9. The van der Waals surface area contributed by atoms with Crippen LogP contribution in [0.5, 0.6) is 0 Å². The Morgan fingerprint density at radius 3 is 2.95 bits per heavy atom. The molecular formula is C15H21ClFNO. The minimum Gasteiger partial charge on any atom is -0.376 e. The van der Waals surface area contributed by atoms with Gasteiger partial charge in [-0.1, -0.05) is 24.6 Å². The first-order valence-corrected chi connectivity index (χ1v) is 7.40. The van der Waals surface area contributed by atoms with E-state index in [1.807, 2.05) is 0 Å². The zero-order chi connectivity index (χ0) is 13.7. The van der Waals surface area contributed by atoms with Crippen LogP contribution in [0.15, 0.2) is 18.2 Å². The van der Waals surface area contributed by atoms with Crippen molar-refractivity contribution >= 4 is 11.6 Å². The van der Waals surface area contributed by atoms with E-state index in [9.17, 15) is 4.39 Å². The third-order valence-corrected chi connectivity index (χ3v) is 3.73. The minimum atomic E-state index is -0.254. The van der Waals surface area contributed by atoms with E-state index in [-0.39, 0.29) is 18.0 Å². The van der Waals surface area contributed by atoms with Crippen molar-refractivity contribution in [2.75, 3.05) is 13.2 Å². The van der Waals surface area contributed by atoms with Gasteiger partial charge in [-0.25, -0.2) is 4.39 Å². The standard InChI is InChI=1S/C15H21ClFNO/c1-2-8-18-15(14-5-3-4-9-19-14)12-7-6-11(16)10-13(12)17/h6-7,10,14-15,18H,2-5,8-9H2,1H3. The molecule has 1 aliphatic heterocycles. The van der Waals surface area contributed by atoms with Gasteiger partial charge in [-0.15, -0.1) is 0 Å². The molecule has 0 amide bonds. The van der Waals surface area contributed by atoms with E-state index in [0.717, 1.165) is 38.8 Å². The number of nitrogens with one attached hydrogen (secondary N) is 1. The Morgan fingerprint density at radius 1 is 1.47 bits per heavy atom. The molecule has 2 atom stereocenters. The largest absolute Gasteiger partial charge is 0.376 e. The molecule has 2 unspecified atom stereocenters. The molecule has 1 aromatic carbocycles. The van der Waals surface area contributed by atoms with E-state index in [1.165, 1.54) is 6.07 Å². The summed E-state index contributed by atoms with van der Waals surface area (Å²) >= 11 is 5.82. The molecule has 0 saturated carbocycles. The Labute approximate surface area is 119 Å². The highest BCUT2D eigenvalue weighted by atomic mass is 35.5. The molecule has 2 nitrogen and oxygen atoms in total. The lowest BCUT2D eigenvalue weighted by Crippen LogP contribution is -2.37. The summed E-state index contributed by atoms with van der Waals surface area (Å²) in [7, 11) is 0. The maximum Gasteiger partial charge on any atom is 0.129 e. The number of halogens is 2. The van der Waals surface area contributed by atoms with Crippen molar-refractivity contribution in [3.05, 3.63) is 34.6 Å². The van der Waals surface area contributed by atoms with Gasteiger partial charge in [-0.2, -0.15) is 0 Å². The van der Waals surface area contributed by atoms with E-state index in [2.05, 4.69) is 12.2 Å². The first kappa shape index (κ1) is 14.8. The summed E-state index contributed by atoms with van der Waals surface area (Å²) in [5.41, 5.74) is 0.657. The average molecular weight is 286 g/mol.